The normalized spacial score (nSPS) is 42.3. The first-order valence-corrected chi connectivity index (χ1v) is 7.30. The van der Waals surface area contributed by atoms with E-state index in [4.69, 9.17) is 10.5 Å². The van der Waals surface area contributed by atoms with Gasteiger partial charge in [0.2, 0.25) is 0 Å². The number of nitrogens with zero attached hydrogens (tertiary/aromatic N) is 1. The van der Waals surface area contributed by atoms with E-state index in [1.165, 1.54) is 6.42 Å². The monoisotopic (exact) mass is 256 g/mol. The quantitative estimate of drug-likeness (QED) is 0.787. The van der Waals surface area contributed by atoms with Crippen molar-refractivity contribution in [1.82, 2.24) is 4.90 Å². The Kier molecular flexibility index (Phi) is 4.64. The van der Waals surface area contributed by atoms with Crippen molar-refractivity contribution >= 4 is 0 Å². The molecule has 3 N–H and O–H groups in total. The first-order chi connectivity index (χ1) is 8.55. The third kappa shape index (κ3) is 3.05. The van der Waals surface area contributed by atoms with Gasteiger partial charge in [0, 0.05) is 18.1 Å². The molecule has 4 unspecified atom stereocenters. The molecule has 1 saturated heterocycles. The first-order valence-electron chi connectivity index (χ1n) is 7.30. The molecule has 4 heteroatoms. The minimum Gasteiger partial charge on any atom is -0.394 e. The molecule has 0 amide bonds. The molecule has 1 aliphatic heterocycles. The smallest absolute Gasteiger partial charge is 0.0674 e. The molecule has 2 rings (SSSR count). The maximum atomic E-state index is 9.47. The summed E-state index contributed by atoms with van der Waals surface area (Å²) >= 11 is 0. The number of hydrogen-bond donors (Lipinski definition) is 2. The van der Waals surface area contributed by atoms with Crippen LogP contribution in [0.4, 0.5) is 0 Å². The third-order valence-corrected chi connectivity index (χ3v) is 4.80. The van der Waals surface area contributed by atoms with Crippen LogP contribution in [0.3, 0.4) is 0 Å². The molecule has 0 bridgehead atoms. The number of aliphatic hydroxyl groups is 1. The second-order valence-corrected chi connectivity index (χ2v) is 6.26. The van der Waals surface area contributed by atoms with Crippen LogP contribution in [-0.2, 0) is 4.74 Å². The van der Waals surface area contributed by atoms with E-state index in [2.05, 4.69) is 18.7 Å². The number of hydrogen-bond acceptors (Lipinski definition) is 4. The van der Waals surface area contributed by atoms with Crippen molar-refractivity contribution in [1.29, 1.82) is 0 Å². The van der Waals surface area contributed by atoms with Crippen LogP contribution in [0, 0.1) is 5.92 Å². The zero-order chi connectivity index (χ0) is 13.2. The van der Waals surface area contributed by atoms with Crippen molar-refractivity contribution in [2.45, 2.75) is 57.2 Å². The molecule has 0 radical (unpaired) electrons. The number of nitrogens with two attached hydrogens (primary N) is 1. The van der Waals surface area contributed by atoms with Crippen LogP contribution in [-0.4, -0.2) is 54.0 Å². The lowest BCUT2D eigenvalue weighted by Gasteiger charge is -2.38. The van der Waals surface area contributed by atoms with Crippen LogP contribution < -0.4 is 5.73 Å². The summed E-state index contributed by atoms with van der Waals surface area (Å²) in [6.45, 7) is 7.42. The highest BCUT2D eigenvalue weighted by molar-refractivity contribution is 4.96. The molecule has 4 atom stereocenters. The predicted octanol–water partition coefficient (Wildman–Crippen LogP) is 0.976. The van der Waals surface area contributed by atoms with Crippen molar-refractivity contribution in [2.75, 3.05) is 26.3 Å². The van der Waals surface area contributed by atoms with Crippen molar-refractivity contribution in [2.24, 2.45) is 11.7 Å². The van der Waals surface area contributed by atoms with Gasteiger partial charge < -0.3 is 15.6 Å². The summed E-state index contributed by atoms with van der Waals surface area (Å²) < 4.78 is 5.65. The predicted molar refractivity (Wildman–Crippen MR) is 72.4 cm³/mol. The molecule has 2 aliphatic rings. The zero-order valence-electron chi connectivity index (χ0n) is 11.8. The van der Waals surface area contributed by atoms with Gasteiger partial charge in [-0.25, -0.2) is 0 Å². The fraction of sp³-hybridized carbons (Fsp3) is 1.00. The van der Waals surface area contributed by atoms with Gasteiger partial charge in [0.05, 0.1) is 19.3 Å². The van der Waals surface area contributed by atoms with Gasteiger partial charge in [-0.1, -0.05) is 6.42 Å². The van der Waals surface area contributed by atoms with Gasteiger partial charge in [-0.05, 0) is 45.6 Å². The highest BCUT2D eigenvalue weighted by Crippen LogP contribution is 2.36. The summed E-state index contributed by atoms with van der Waals surface area (Å²) in [4.78, 5) is 2.50. The molecule has 4 nitrogen and oxygen atoms in total. The van der Waals surface area contributed by atoms with Gasteiger partial charge in [0.25, 0.3) is 0 Å². The number of ether oxygens (including phenoxy) is 1. The lowest BCUT2D eigenvalue weighted by Crippen LogP contribution is -2.50. The Morgan fingerprint density at radius 1 is 1.44 bits per heavy atom. The fourth-order valence-electron chi connectivity index (χ4n) is 3.41. The Morgan fingerprint density at radius 2 is 2.22 bits per heavy atom. The molecule has 0 aromatic heterocycles. The molecule has 1 aliphatic carbocycles. The van der Waals surface area contributed by atoms with Crippen LogP contribution in [0.25, 0.3) is 0 Å². The summed E-state index contributed by atoms with van der Waals surface area (Å²) in [5.74, 6) is 0.479. The summed E-state index contributed by atoms with van der Waals surface area (Å²) in [5, 5.41) is 9.47. The van der Waals surface area contributed by atoms with Crippen LogP contribution in [0.2, 0.25) is 0 Å². The van der Waals surface area contributed by atoms with Crippen LogP contribution >= 0.6 is 0 Å². The largest absolute Gasteiger partial charge is 0.394 e. The van der Waals surface area contributed by atoms with E-state index in [1.807, 2.05) is 0 Å². The second kappa shape index (κ2) is 5.87. The van der Waals surface area contributed by atoms with Gasteiger partial charge in [-0.15, -0.1) is 0 Å². The summed E-state index contributed by atoms with van der Waals surface area (Å²) in [6.07, 6.45) is 4.75. The Morgan fingerprint density at radius 3 is 2.94 bits per heavy atom. The Labute approximate surface area is 110 Å². The van der Waals surface area contributed by atoms with E-state index in [9.17, 15) is 5.11 Å². The summed E-state index contributed by atoms with van der Waals surface area (Å²) in [7, 11) is 0. The van der Waals surface area contributed by atoms with Crippen molar-refractivity contribution in [3.63, 3.8) is 0 Å². The zero-order valence-corrected chi connectivity index (χ0v) is 11.8. The van der Waals surface area contributed by atoms with Gasteiger partial charge in [-0.3, -0.25) is 4.90 Å². The molecular weight excluding hydrogens is 228 g/mol. The van der Waals surface area contributed by atoms with E-state index in [0.29, 0.717) is 18.1 Å². The Balaban J connectivity index is 1.83. The van der Waals surface area contributed by atoms with Gasteiger partial charge >= 0.3 is 0 Å². The minimum absolute atomic E-state index is 0.132. The van der Waals surface area contributed by atoms with Crippen LogP contribution in [0.15, 0.2) is 0 Å². The van der Waals surface area contributed by atoms with Gasteiger partial charge in [0.1, 0.15) is 0 Å². The molecule has 2 fully saturated rings. The lowest BCUT2D eigenvalue weighted by atomic mass is 9.86. The highest BCUT2D eigenvalue weighted by atomic mass is 16.5. The lowest BCUT2D eigenvalue weighted by molar-refractivity contribution is -0.0516. The highest BCUT2D eigenvalue weighted by Gasteiger charge is 2.39. The minimum atomic E-state index is -0.318. The molecule has 1 saturated carbocycles. The van der Waals surface area contributed by atoms with Crippen LogP contribution in [0.5, 0.6) is 0 Å². The van der Waals surface area contributed by atoms with Gasteiger partial charge in [-0.2, -0.15) is 0 Å². The van der Waals surface area contributed by atoms with E-state index in [-0.39, 0.29) is 12.1 Å². The number of rotatable bonds is 4. The van der Waals surface area contributed by atoms with E-state index >= 15 is 0 Å². The first kappa shape index (κ1) is 14.3. The standard InChI is InChI=1S/C14H28N2O2/c1-11-9-18-12(2)8-16(11)7-5-13-4-3-6-14(13,15)10-17/h11-13,17H,3-10,15H2,1-2H3. The average molecular weight is 256 g/mol. The average Bonchev–Trinajstić information content (AvgIpc) is 2.73. The molecular formula is C14H28N2O2. The SMILES string of the molecule is CC1CN(CCC2CCCC2(N)CO)C(C)CO1. The maximum Gasteiger partial charge on any atom is 0.0674 e. The van der Waals surface area contributed by atoms with E-state index in [0.717, 1.165) is 39.0 Å². The van der Waals surface area contributed by atoms with Gasteiger partial charge in [0.15, 0.2) is 0 Å². The van der Waals surface area contributed by atoms with Crippen molar-refractivity contribution in [3.8, 4) is 0 Å². The van der Waals surface area contributed by atoms with E-state index in [1.54, 1.807) is 0 Å². The molecule has 0 spiro atoms. The summed E-state index contributed by atoms with van der Waals surface area (Å²) in [6, 6.07) is 0.504. The third-order valence-electron chi connectivity index (χ3n) is 4.80. The van der Waals surface area contributed by atoms with Crippen LogP contribution in [0.1, 0.15) is 39.5 Å². The number of aliphatic hydroxyl groups excluding tert-OH is 1. The number of morpholine rings is 1. The van der Waals surface area contributed by atoms with Crippen molar-refractivity contribution < 1.29 is 9.84 Å². The molecule has 0 aromatic carbocycles. The Hall–Kier alpha value is -0.160. The molecule has 18 heavy (non-hydrogen) atoms. The molecule has 0 aromatic rings. The second-order valence-electron chi connectivity index (χ2n) is 6.26. The topological polar surface area (TPSA) is 58.7 Å². The Bertz CT molecular complexity index is 275. The fourth-order valence-corrected chi connectivity index (χ4v) is 3.41. The van der Waals surface area contributed by atoms with E-state index < -0.39 is 0 Å². The maximum absolute atomic E-state index is 9.47. The summed E-state index contributed by atoms with van der Waals surface area (Å²) in [5.41, 5.74) is 5.97. The van der Waals surface area contributed by atoms with Crippen molar-refractivity contribution in [3.05, 3.63) is 0 Å². The molecule has 1 heterocycles. The molecule has 106 valence electrons.